The number of benzene rings is 1. The molecule has 0 unspecified atom stereocenters. The Morgan fingerprint density at radius 3 is 2.58 bits per heavy atom. The lowest BCUT2D eigenvalue weighted by molar-refractivity contribution is 0.205. The molecular formula is C16H28N2O. The predicted molar refractivity (Wildman–Crippen MR) is 82.9 cm³/mol. The average Bonchev–Trinajstić information content (AvgIpc) is 2.39. The van der Waals surface area contributed by atoms with Crippen molar-refractivity contribution < 1.29 is 4.74 Å². The van der Waals surface area contributed by atoms with E-state index < -0.39 is 0 Å². The number of methoxy groups -OCH3 is 1. The Hall–Kier alpha value is -1.06. The molecule has 0 spiro atoms. The van der Waals surface area contributed by atoms with E-state index in [0.717, 1.165) is 26.2 Å². The minimum absolute atomic E-state index is 0.522. The summed E-state index contributed by atoms with van der Waals surface area (Å²) in [5.74, 6) is 0. The molecule has 3 nitrogen and oxygen atoms in total. The summed E-state index contributed by atoms with van der Waals surface area (Å²) in [6.45, 7) is 12.4. The zero-order valence-electron chi connectivity index (χ0n) is 13.0. The molecule has 108 valence electrons. The highest BCUT2D eigenvalue weighted by molar-refractivity contribution is 5.54. The number of aryl methyl sites for hydroxylation is 1. The van der Waals surface area contributed by atoms with E-state index in [9.17, 15) is 0 Å². The summed E-state index contributed by atoms with van der Waals surface area (Å²) in [6, 6.07) is 7.24. The minimum atomic E-state index is 0.522. The fourth-order valence-electron chi connectivity index (χ4n) is 2.15. The first-order valence-electron chi connectivity index (χ1n) is 7.15. The van der Waals surface area contributed by atoms with Crippen LogP contribution in [0.25, 0.3) is 0 Å². The third-order valence-electron chi connectivity index (χ3n) is 3.26. The first kappa shape index (κ1) is 16.0. The molecule has 1 aromatic rings. The molecule has 1 N–H and O–H groups in total. The van der Waals surface area contributed by atoms with Gasteiger partial charge in [-0.25, -0.2) is 0 Å². The summed E-state index contributed by atoms with van der Waals surface area (Å²) in [5, 5.41) is 3.45. The number of rotatable bonds is 8. The second-order valence-electron chi connectivity index (χ2n) is 5.23. The molecule has 19 heavy (non-hydrogen) atoms. The fourth-order valence-corrected chi connectivity index (χ4v) is 2.15. The van der Waals surface area contributed by atoms with Crippen molar-refractivity contribution in [2.45, 2.75) is 40.3 Å². The minimum Gasteiger partial charge on any atom is -0.383 e. The maximum absolute atomic E-state index is 5.17. The van der Waals surface area contributed by atoms with Gasteiger partial charge in [-0.3, -0.25) is 0 Å². The normalized spacial score (nSPS) is 11.1. The van der Waals surface area contributed by atoms with Crippen molar-refractivity contribution in [1.82, 2.24) is 5.32 Å². The molecule has 0 aromatic heterocycles. The molecule has 0 bridgehead atoms. The molecule has 0 fully saturated rings. The first-order chi connectivity index (χ1) is 9.08. The molecule has 0 amide bonds. The van der Waals surface area contributed by atoms with Gasteiger partial charge in [-0.05, 0) is 31.0 Å². The molecule has 0 aliphatic carbocycles. The highest BCUT2D eigenvalue weighted by Crippen LogP contribution is 2.21. The van der Waals surface area contributed by atoms with Gasteiger partial charge in [-0.15, -0.1) is 0 Å². The molecule has 1 aromatic carbocycles. The lowest BCUT2D eigenvalue weighted by atomic mass is 10.1. The summed E-state index contributed by atoms with van der Waals surface area (Å²) in [6.07, 6.45) is 0. The van der Waals surface area contributed by atoms with E-state index in [1.807, 2.05) is 0 Å². The van der Waals surface area contributed by atoms with E-state index in [0.29, 0.717) is 6.04 Å². The van der Waals surface area contributed by atoms with Crippen LogP contribution in [-0.4, -0.2) is 32.8 Å². The van der Waals surface area contributed by atoms with Gasteiger partial charge < -0.3 is 15.0 Å². The molecule has 0 aliphatic rings. The molecule has 0 saturated heterocycles. The molecule has 0 saturated carbocycles. The van der Waals surface area contributed by atoms with Gasteiger partial charge in [0.05, 0.1) is 6.61 Å². The van der Waals surface area contributed by atoms with Crippen LogP contribution in [0.15, 0.2) is 18.2 Å². The fraction of sp³-hybridized carbons (Fsp3) is 0.625. The SMILES string of the molecule is CCN(CCOC)c1ccc(CNC(C)C)cc1C. The van der Waals surface area contributed by atoms with Crippen LogP contribution in [0.3, 0.4) is 0 Å². The summed E-state index contributed by atoms with van der Waals surface area (Å²) in [4.78, 5) is 2.36. The van der Waals surface area contributed by atoms with Gasteiger partial charge >= 0.3 is 0 Å². The van der Waals surface area contributed by atoms with Gasteiger partial charge in [0.15, 0.2) is 0 Å². The van der Waals surface area contributed by atoms with Crippen molar-refractivity contribution in [3.8, 4) is 0 Å². The second kappa shape index (κ2) is 8.18. The number of nitrogens with zero attached hydrogens (tertiary/aromatic N) is 1. The van der Waals surface area contributed by atoms with E-state index in [1.165, 1.54) is 16.8 Å². The Kier molecular flexibility index (Phi) is 6.89. The molecule has 0 aliphatic heterocycles. The van der Waals surface area contributed by atoms with Crippen molar-refractivity contribution in [3.05, 3.63) is 29.3 Å². The number of hydrogen-bond donors (Lipinski definition) is 1. The predicted octanol–water partition coefficient (Wildman–Crippen LogP) is 2.97. The molecule has 1 rings (SSSR count). The number of ether oxygens (including phenoxy) is 1. The van der Waals surface area contributed by atoms with Crippen LogP contribution in [0.1, 0.15) is 31.9 Å². The Bertz CT molecular complexity index is 377. The maximum Gasteiger partial charge on any atom is 0.0637 e. The van der Waals surface area contributed by atoms with Crippen LogP contribution in [0.2, 0.25) is 0 Å². The van der Waals surface area contributed by atoms with Gasteiger partial charge in [0.2, 0.25) is 0 Å². The van der Waals surface area contributed by atoms with Crippen LogP contribution in [0.4, 0.5) is 5.69 Å². The molecule has 0 atom stereocenters. The number of likely N-dealkylation sites (N-methyl/N-ethyl adjacent to an activating group) is 1. The number of nitrogens with one attached hydrogen (secondary N) is 1. The molecule has 3 heteroatoms. The zero-order valence-corrected chi connectivity index (χ0v) is 13.0. The van der Waals surface area contributed by atoms with E-state index in [1.54, 1.807) is 7.11 Å². The van der Waals surface area contributed by atoms with Gasteiger partial charge in [0, 0.05) is 38.5 Å². The van der Waals surface area contributed by atoms with Crippen LogP contribution >= 0.6 is 0 Å². The summed E-state index contributed by atoms with van der Waals surface area (Å²) < 4.78 is 5.17. The average molecular weight is 264 g/mol. The number of hydrogen-bond acceptors (Lipinski definition) is 3. The Morgan fingerprint density at radius 1 is 1.32 bits per heavy atom. The van der Waals surface area contributed by atoms with E-state index in [-0.39, 0.29) is 0 Å². The molecule has 0 heterocycles. The quantitative estimate of drug-likeness (QED) is 0.781. The summed E-state index contributed by atoms with van der Waals surface area (Å²) >= 11 is 0. The zero-order chi connectivity index (χ0) is 14.3. The van der Waals surface area contributed by atoms with E-state index in [4.69, 9.17) is 4.74 Å². The molecule has 0 radical (unpaired) electrons. The van der Waals surface area contributed by atoms with E-state index >= 15 is 0 Å². The standard InChI is InChI=1S/C16H28N2O/c1-6-18(9-10-19-5)16-8-7-15(11-14(16)4)12-17-13(2)3/h7-8,11,13,17H,6,9-10,12H2,1-5H3. The lowest BCUT2D eigenvalue weighted by Gasteiger charge is -2.25. The monoisotopic (exact) mass is 264 g/mol. The Labute approximate surface area is 118 Å². The van der Waals surface area contributed by atoms with Crippen molar-refractivity contribution in [2.75, 3.05) is 31.7 Å². The third-order valence-corrected chi connectivity index (χ3v) is 3.26. The highest BCUT2D eigenvalue weighted by Gasteiger charge is 2.08. The van der Waals surface area contributed by atoms with Crippen molar-refractivity contribution >= 4 is 5.69 Å². The highest BCUT2D eigenvalue weighted by atomic mass is 16.5. The smallest absolute Gasteiger partial charge is 0.0637 e. The van der Waals surface area contributed by atoms with Gasteiger partial charge in [-0.2, -0.15) is 0 Å². The topological polar surface area (TPSA) is 24.5 Å². The largest absolute Gasteiger partial charge is 0.383 e. The first-order valence-corrected chi connectivity index (χ1v) is 7.15. The maximum atomic E-state index is 5.17. The van der Waals surface area contributed by atoms with Crippen LogP contribution in [0, 0.1) is 6.92 Å². The third kappa shape index (κ3) is 5.21. The number of anilines is 1. The second-order valence-corrected chi connectivity index (χ2v) is 5.23. The van der Waals surface area contributed by atoms with Crippen LogP contribution < -0.4 is 10.2 Å². The van der Waals surface area contributed by atoms with Gasteiger partial charge in [0.1, 0.15) is 0 Å². The Balaban J connectivity index is 2.74. The van der Waals surface area contributed by atoms with Crippen molar-refractivity contribution in [1.29, 1.82) is 0 Å². The van der Waals surface area contributed by atoms with Crippen LogP contribution in [0.5, 0.6) is 0 Å². The van der Waals surface area contributed by atoms with Gasteiger partial charge in [0.25, 0.3) is 0 Å². The lowest BCUT2D eigenvalue weighted by Crippen LogP contribution is -2.27. The Morgan fingerprint density at radius 2 is 2.05 bits per heavy atom. The molecular weight excluding hydrogens is 236 g/mol. The summed E-state index contributed by atoms with van der Waals surface area (Å²) in [5.41, 5.74) is 3.99. The van der Waals surface area contributed by atoms with Crippen molar-refractivity contribution in [3.63, 3.8) is 0 Å². The summed E-state index contributed by atoms with van der Waals surface area (Å²) in [7, 11) is 1.75. The van der Waals surface area contributed by atoms with Crippen LogP contribution in [-0.2, 0) is 11.3 Å². The van der Waals surface area contributed by atoms with Crippen molar-refractivity contribution in [2.24, 2.45) is 0 Å². The van der Waals surface area contributed by atoms with Gasteiger partial charge in [-0.1, -0.05) is 26.0 Å². The van der Waals surface area contributed by atoms with E-state index in [2.05, 4.69) is 56.1 Å².